The predicted octanol–water partition coefficient (Wildman–Crippen LogP) is 2.76. The van der Waals surface area contributed by atoms with Gasteiger partial charge in [0, 0.05) is 48.7 Å². The quantitative estimate of drug-likeness (QED) is 0.927. The van der Waals surface area contributed by atoms with Crippen molar-refractivity contribution >= 4 is 11.6 Å². The molecule has 4 rings (SSSR count). The number of nitrogens with zero attached hydrogens (tertiary/aromatic N) is 1. The van der Waals surface area contributed by atoms with Crippen molar-refractivity contribution in [2.75, 3.05) is 19.7 Å². The lowest BCUT2D eigenvalue weighted by Crippen LogP contribution is -2.37. The van der Waals surface area contributed by atoms with E-state index in [2.05, 4.69) is 4.90 Å². The Morgan fingerprint density at radius 1 is 1.50 bits per heavy atom. The summed E-state index contributed by atoms with van der Waals surface area (Å²) in [5, 5.41) is 10.1. The van der Waals surface area contributed by atoms with Gasteiger partial charge in [0.05, 0.1) is 11.7 Å². The zero-order valence-electron chi connectivity index (χ0n) is 12.7. The lowest BCUT2D eigenvalue weighted by atomic mass is 9.74. The molecule has 3 heterocycles. The summed E-state index contributed by atoms with van der Waals surface area (Å²) in [6, 6.07) is 3.48. The van der Waals surface area contributed by atoms with Gasteiger partial charge in [-0.05, 0) is 31.4 Å². The van der Waals surface area contributed by atoms with Gasteiger partial charge in [-0.3, -0.25) is 4.90 Å². The molecule has 3 aliphatic rings. The molecule has 3 fully saturated rings. The van der Waals surface area contributed by atoms with Gasteiger partial charge >= 0.3 is 0 Å². The number of aliphatic hydroxyl groups is 1. The van der Waals surface area contributed by atoms with E-state index in [4.69, 9.17) is 16.3 Å². The highest BCUT2D eigenvalue weighted by Gasteiger charge is 2.62. The Bertz CT molecular complexity index is 611. The minimum atomic E-state index is -0.203. The van der Waals surface area contributed by atoms with Crippen molar-refractivity contribution in [3.63, 3.8) is 0 Å². The van der Waals surface area contributed by atoms with E-state index in [9.17, 15) is 9.50 Å². The van der Waals surface area contributed by atoms with Crippen molar-refractivity contribution in [2.45, 2.75) is 38.0 Å². The van der Waals surface area contributed by atoms with Crippen LogP contribution in [0.2, 0.25) is 5.02 Å². The molecule has 0 saturated carbocycles. The number of hydrogen-bond donors (Lipinski definition) is 1. The van der Waals surface area contributed by atoms with Gasteiger partial charge in [-0.1, -0.05) is 17.7 Å². The highest BCUT2D eigenvalue weighted by atomic mass is 35.5. The third kappa shape index (κ3) is 2.04. The van der Waals surface area contributed by atoms with Gasteiger partial charge in [0.1, 0.15) is 5.82 Å². The average Bonchev–Trinajstić information content (AvgIpc) is 3.14. The standard InChI is InChI=1S/C17H21ClFNO2/c1-10-2-3-14(18)11(16(10)19)6-20-7-13-12(8-21)15-4-5-17(13,9-20)22-15/h2-3,12-13,15,21H,4-9H2,1H3/t12-,13+,15+,17+/m0/s1. The summed E-state index contributed by atoms with van der Waals surface area (Å²) in [4.78, 5) is 2.23. The van der Waals surface area contributed by atoms with Gasteiger partial charge in [-0.25, -0.2) is 4.39 Å². The van der Waals surface area contributed by atoms with Gasteiger partial charge in [-0.2, -0.15) is 0 Å². The Hall–Kier alpha value is -0.680. The zero-order chi connectivity index (χ0) is 15.5. The topological polar surface area (TPSA) is 32.7 Å². The summed E-state index contributed by atoms with van der Waals surface area (Å²) in [7, 11) is 0. The molecule has 3 nitrogen and oxygen atoms in total. The molecule has 1 N–H and O–H groups in total. The van der Waals surface area contributed by atoms with Crippen LogP contribution in [0.25, 0.3) is 0 Å². The van der Waals surface area contributed by atoms with E-state index in [-0.39, 0.29) is 30.0 Å². The van der Waals surface area contributed by atoms with Crippen LogP contribution in [0.1, 0.15) is 24.0 Å². The van der Waals surface area contributed by atoms with Crippen LogP contribution in [0.4, 0.5) is 4.39 Å². The van der Waals surface area contributed by atoms with E-state index >= 15 is 0 Å². The predicted molar refractivity (Wildman–Crippen MR) is 82.3 cm³/mol. The van der Waals surface area contributed by atoms with Gasteiger partial charge in [0.2, 0.25) is 0 Å². The van der Waals surface area contributed by atoms with Crippen LogP contribution >= 0.6 is 11.6 Å². The number of aryl methyl sites for hydroxylation is 1. The van der Waals surface area contributed by atoms with E-state index in [0.29, 0.717) is 28.6 Å². The van der Waals surface area contributed by atoms with Gasteiger partial charge in [0.25, 0.3) is 0 Å². The molecule has 0 aliphatic carbocycles. The molecule has 3 saturated heterocycles. The van der Waals surface area contributed by atoms with Crippen molar-refractivity contribution in [1.82, 2.24) is 4.90 Å². The number of halogens is 2. The van der Waals surface area contributed by atoms with E-state index < -0.39 is 0 Å². The van der Waals surface area contributed by atoms with Crippen LogP contribution in [0.15, 0.2) is 12.1 Å². The third-order valence-corrected chi connectivity index (χ3v) is 6.18. The number of benzene rings is 1. The van der Waals surface area contributed by atoms with Crippen LogP contribution in [0.5, 0.6) is 0 Å². The van der Waals surface area contributed by atoms with E-state index in [1.54, 1.807) is 19.1 Å². The molecule has 0 unspecified atom stereocenters. The summed E-state index contributed by atoms with van der Waals surface area (Å²) in [5.74, 6) is 0.394. The molecular formula is C17H21ClFNO2. The number of likely N-dealkylation sites (tertiary alicyclic amines) is 1. The Balaban J connectivity index is 1.56. The Labute approximate surface area is 135 Å². The third-order valence-electron chi connectivity index (χ3n) is 5.83. The SMILES string of the molecule is Cc1ccc(Cl)c(CN2C[C@@H]3[C@H](CO)[C@H]4CC[C@]3(C2)O4)c1F. The molecule has 120 valence electrons. The lowest BCUT2D eigenvalue weighted by molar-refractivity contribution is 0.000300. The fourth-order valence-electron chi connectivity index (χ4n) is 4.73. The maximum atomic E-state index is 14.4. The molecule has 1 aromatic carbocycles. The summed E-state index contributed by atoms with van der Waals surface area (Å²) < 4.78 is 20.6. The second-order valence-electron chi connectivity index (χ2n) is 7.04. The Morgan fingerprint density at radius 2 is 2.32 bits per heavy atom. The largest absolute Gasteiger partial charge is 0.396 e. The molecule has 0 radical (unpaired) electrons. The highest BCUT2D eigenvalue weighted by Crippen LogP contribution is 2.54. The smallest absolute Gasteiger partial charge is 0.132 e. The number of ether oxygens (including phenoxy) is 1. The van der Waals surface area contributed by atoms with Gasteiger partial charge in [-0.15, -0.1) is 0 Å². The molecule has 1 aromatic rings. The number of fused-ring (bicyclic) bond motifs is 1. The molecule has 0 amide bonds. The summed E-state index contributed by atoms with van der Waals surface area (Å²) in [6.45, 7) is 4.13. The second-order valence-corrected chi connectivity index (χ2v) is 7.45. The molecule has 2 bridgehead atoms. The van der Waals surface area contributed by atoms with Crippen molar-refractivity contribution in [3.8, 4) is 0 Å². The first kappa shape index (κ1) is 14.9. The van der Waals surface area contributed by atoms with E-state index in [0.717, 1.165) is 25.9 Å². The molecule has 4 atom stereocenters. The van der Waals surface area contributed by atoms with Crippen LogP contribution in [0.3, 0.4) is 0 Å². The van der Waals surface area contributed by atoms with Crippen molar-refractivity contribution in [1.29, 1.82) is 0 Å². The number of hydrogen-bond acceptors (Lipinski definition) is 3. The van der Waals surface area contributed by atoms with Crippen molar-refractivity contribution < 1.29 is 14.2 Å². The fourth-order valence-corrected chi connectivity index (χ4v) is 4.94. The molecular weight excluding hydrogens is 305 g/mol. The van der Waals surface area contributed by atoms with E-state index in [1.807, 2.05) is 0 Å². The van der Waals surface area contributed by atoms with Crippen LogP contribution in [0, 0.1) is 24.6 Å². The molecule has 5 heteroatoms. The van der Waals surface area contributed by atoms with Crippen molar-refractivity contribution in [3.05, 3.63) is 34.1 Å². The fraction of sp³-hybridized carbons (Fsp3) is 0.647. The molecule has 22 heavy (non-hydrogen) atoms. The first-order chi connectivity index (χ1) is 10.5. The lowest BCUT2D eigenvalue weighted by Gasteiger charge is -2.28. The first-order valence-electron chi connectivity index (χ1n) is 7.98. The normalized spacial score (nSPS) is 37.0. The Morgan fingerprint density at radius 3 is 3.09 bits per heavy atom. The van der Waals surface area contributed by atoms with Gasteiger partial charge in [0.15, 0.2) is 0 Å². The molecule has 1 spiro atoms. The number of aliphatic hydroxyl groups excluding tert-OH is 1. The van der Waals surface area contributed by atoms with Crippen LogP contribution < -0.4 is 0 Å². The maximum absolute atomic E-state index is 14.4. The first-order valence-corrected chi connectivity index (χ1v) is 8.36. The highest BCUT2D eigenvalue weighted by molar-refractivity contribution is 6.31. The maximum Gasteiger partial charge on any atom is 0.132 e. The van der Waals surface area contributed by atoms with E-state index in [1.165, 1.54) is 0 Å². The minimum absolute atomic E-state index is 0.120. The summed E-state index contributed by atoms with van der Waals surface area (Å²) in [5.41, 5.74) is 1.08. The monoisotopic (exact) mass is 325 g/mol. The minimum Gasteiger partial charge on any atom is -0.396 e. The second kappa shape index (κ2) is 5.17. The van der Waals surface area contributed by atoms with Crippen molar-refractivity contribution in [2.24, 2.45) is 11.8 Å². The molecule has 3 aliphatic heterocycles. The van der Waals surface area contributed by atoms with Gasteiger partial charge < -0.3 is 9.84 Å². The zero-order valence-corrected chi connectivity index (χ0v) is 13.4. The molecule has 0 aromatic heterocycles. The number of rotatable bonds is 3. The summed E-state index contributed by atoms with van der Waals surface area (Å²) >= 11 is 6.20. The van der Waals surface area contributed by atoms with Crippen LogP contribution in [-0.4, -0.2) is 41.4 Å². The Kier molecular flexibility index (Phi) is 3.49. The summed E-state index contributed by atoms with van der Waals surface area (Å²) in [6.07, 6.45) is 2.31. The average molecular weight is 326 g/mol. The van der Waals surface area contributed by atoms with Crippen LogP contribution in [-0.2, 0) is 11.3 Å².